The number of methoxy groups -OCH3 is 1. The van der Waals surface area contributed by atoms with E-state index in [1.54, 1.807) is 7.11 Å². The Morgan fingerprint density at radius 3 is 2.48 bits per heavy atom. The van der Waals surface area contributed by atoms with Gasteiger partial charge in [-0.15, -0.1) is 0 Å². The van der Waals surface area contributed by atoms with E-state index < -0.39 is 0 Å². The summed E-state index contributed by atoms with van der Waals surface area (Å²) in [4.78, 5) is 26.7. The lowest BCUT2D eigenvalue weighted by molar-refractivity contribution is -0.137. The van der Waals surface area contributed by atoms with Gasteiger partial charge in [0.1, 0.15) is 11.1 Å². The highest BCUT2D eigenvalue weighted by molar-refractivity contribution is 8.00. The summed E-state index contributed by atoms with van der Waals surface area (Å²) in [5.41, 5.74) is 1.00. The van der Waals surface area contributed by atoms with Crippen molar-refractivity contribution < 1.29 is 14.3 Å². The summed E-state index contributed by atoms with van der Waals surface area (Å²) in [6.45, 7) is 1.91. The number of β-lactam (4-membered cyclic amide) rings is 1. The molecule has 0 bridgehead atoms. The first-order chi connectivity index (χ1) is 12.1. The number of ether oxygens (including phenoxy) is 1. The summed E-state index contributed by atoms with van der Waals surface area (Å²) >= 11 is 1.50. The zero-order valence-corrected chi connectivity index (χ0v) is 15.0. The van der Waals surface area contributed by atoms with E-state index >= 15 is 0 Å². The smallest absolute Gasteiger partial charge is 0.325 e. The predicted octanol–water partition coefficient (Wildman–Crippen LogP) is 3.82. The monoisotopic (exact) mass is 356 g/mol. The molecule has 2 atom stereocenters. The van der Waals surface area contributed by atoms with Gasteiger partial charge in [0.05, 0.1) is 19.6 Å². The van der Waals surface area contributed by atoms with Crippen molar-refractivity contribution >= 4 is 23.7 Å². The number of nitrogens with one attached hydrogen (secondary N) is 1. The van der Waals surface area contributed by atoms with E-state index in [0.29, 0.717) is 6.42 Å². The third-order valence-electron chi connectivity index (χ3n) is 4.10. The van der Waals surface area contributed by atoms with Crippen LogP contribution in [0.5, 0.6) is 5.75 Å². The first-order valence-corrected chi connectivity index (χ1v) is 8.94. The average Bonchev–Trinajstić information content (AvgIpc) is 2.62. The van der Waals surface area contributed by atoms with E-state index in [1.165, 1.54) is 16.7 Å². The number of imide groups is 1. The van der Waals surface area contributed by atoms with Crippen LogP contribution in [0.4, 0.5) is 4.79 Å². The molecule has 2 aromatic rings. The van der Waals surface area contributed by atoms with Gasteiger partial charge in [-0.2, -0.15) is 0 Å². The standard InChI is InChI=1S/C19H20N2O3S/c1-13(14-6-4-3-5-7-14)20-19(23)21-17(22)12-18(21)25-16-10-8-15(24-2)9-11-16/h3-11,13,18H,12H2,1-2H3,(H,20,23)/t13-,18-/m1/s1. The number of nitrogens with zero attached hydrogens (tertiary/aromatic N) is 1. The van der Waals surface area contributed by atoms with Crippen molar-refractivity contribution in [2.24, 2.45) is 0 Å². The Kier molecular flexibility index (Phi) is 5.28. The maximum atomic E-state index is 12.5. The van der Waals surface area contributed by atoms with Crippen molar-refractivity contribution in [3.8, 4) is 5.75 Å². The van der Waals surface area contributed by atoms with Crippen LogP contribution in [0.1, 0.15) is 24.9 Å². The van der Waals surface area contributed by atoms with Crippen LogP contribution in [-0.4, -0.2) is 29.3 Å². The third kappa shape index (κ3) is 3.96. The second kappa shape index (κ2) is 7.61. The van der Waals surface area contributed by atoms with Crippen LogP contribution in [0.15, 0.2) is 59.5 Å². The van der Waals surface area contributed by atoms with Gasteiger partial charge in [-0.1, -0.05) is 42.1 Å². The molecule has 2 aromatic carbocycles. The van der Waals surface area contributed by atoms with E-state index in [9.17, 15) is 9.59 Å². The van der Waals surface area contributed by atoms with Crippen LogP contribution >= 0.6 is 11.8 Å². The molecule has 1 fully saturated rings. The van der Waals surface area contributed by atoms with E-state index in [2.05, 4.69) is 5.32 Å². The summed E-state index contributed by atoms with van der Waals surface area (Å²) in [7, 11) is 1.62. The maximum Gasteiger partial charge on any atom is 0.325 e. The molecule has 0 unspecified atom stereocenters. The summed E-state index contributed by atoms with van der Waals surface area (Å²) in [6, 6.07) is 16.8. The third-order valence-corrected chi connectivity index (χ3v) is 5.29. The molecule has 1 N–H and O–H groups in total. The van der Waals surface area contributed by atoms with Gasteiger partial charge in [-0.05, 0) is 36.8 Å². The molecule has 0 saturated carbocycles. The van der Waals surface area contributed by atoms with Crippen molar-refractivity contribution in [2.75, 3.05) is 7.11 Å². The first-order valence-electron chi connectivity index (χ1n) is 8.06. The SMILES string of the molecule is COc1ccc(S[C@@H]2CC(=O)N2C(=O)N[C@H](C)c2ccccc2)cc1. The number of amides is 3. The highest BCUT2D eigenvalue weighted by Gasteiger charge is 2.41. The molecule has 25 heavy (non-hydrogen) atoms. The summed E-state index contributed by atoms with van der Waals surface area (Å²) in [5.74, 6) is 0.629. The van der Waals surface area contributed by atoms with Crippen LogP contribution in [0, 0.1) is 0 Å². The van der Waals surface area contributed by atoms with Crippen molar-refractivity contribution in [1.82, 2.24) is 10.2 Å². The summed E-state index contributed by atoms with van der Waals surface area (Å²) in [5, 5.41) is 2.72. The molecule has 3 amide bonds. The zero-order chi connectivity index (χ0) is 17.8. The van der Waals surface area contributed by atoms with Crippen LogP contribution in [0.3, 0.4) is 0 Å². The van der Waals surface area contributed by atoms with Crippen molar-refractivity contribution in [1.29, 1.82) is 0 Å². The van der Waals surface area contributed by atoms with Crippen LogP contribution in [0.2, 0.25) is 0 Å². The fourth-order valence-corrected chi connectivity index (χ4v) is 3.77. The molecule has 1 saturated heterocycles. The molecule has 1 aliphatic rings. The van der Waals surface area contributed by atoms with Crippen LogP contribution < -0.4 is 10.1 Å². The van der Waals surface area contributed by atoms with E-state index in [0.717, 1.165) is 16.2 Å². The zero-order valence-electron chi connectivity index (χ0n) is 14.1. The Labute approximate surface area is 151 Å². The quantitative estimate of drug-likeness (QED) is 0.828. The summed E-state index contributed by atoms with van der Waals surface area (Å²) < 4.78 is 5.14. The number of thioether (sulfide) groups is 1. The highest BCUT2D eigenvalue weighted by atomic mass is 32.2. The van der Waals surface area contributed by atoms with Crippen molar-refractivity contribution in [3.05, 3.63) is 60.2 Å². The van der Waals surface area contributed by atoms with E-state index in [-0.39, 0.29) is 23.4 Å². The van der Waals surface area contributed by atoms with E-state index in [1.807, 2.05) is 61.5 Å². The minimum Gasteiger partial charge on any atom is -0.497 e. The second-order valence-electron chi connectivity index (χ2n) is 5.80. The lowest BCUT2D eigenvalue weighted by Crippen LogP contribution is -2.57. The van der Waals surface area contributed by atoms with Crippen LogP contribution in [-0.2, 0) is 4.79 Å². The Morgan fingerprint density at radius 1 is 1.20 bits per heavy atom. The minimum absolute atomic E-state index is 0.149. The molecule has 5 nitrogen and oxygen atoms in total. The molecule has 1 aliphatic heterocycles. The normalized spacial score (nSPS) is 17.6. The number of hydrogen-bond donors (Lipinski definition) is 1. The molecule has 6 heteroatoms. The number of hydrogen-bond acceptors (Lipinski definition) is 4. The Morgan fingerprint density at radius 2 is 1.88 bits per heavy atom. The number of carbonyl (C=O) groups excluding carboxylic acids is 2. The molecule has 130 valence electrons. The highest BCUT2D eigenvalue weighted by Crippen LogP contribution is 2.35. The first kappa shape index (κ1) is 17.4. The molecule has 0 aliphatic carbocycles. The van der Waals surface area contributed by atoms with E-state index in [4.69, 9.17) is 4.74 Å². The van der Waals surface area contributed by atoms with Crippen LogP contribution in [0.25, 0.3) is 0 Å². The molecule has 0 spiro atoms. The number of carbonyl (C=O) groups is 2. The average molecular weight is 356 g/mol. The van der Waals surface area contributed by atoms with Gasteiger partial charge in [0, 0.05) is 4.90 Å². The van der Waals surface area contributed by atoms with Gasteiger partial charge in [-0.25, -0.2) is 4.79 Å². The second-order valence-corrected chi connectivity index (χ2v) is 7.05. The van der Waals surface area contributed by atoms with Gasteiger partial charge in [0.2, 0.25) is 5.91 Å². The molecular weight excluding hydrogens is 336 g/mol. The fourth-order valence-electron chi connectivity index (χ4n) is 2.62. The number of benzene rings is 2. The molecule has 3 rings (SSSR count). The van der Waals surface area contributed by atoms with Gasteiger partial charge in [0.25, 0.3) is 0 Å². The van der Waals surface area contributed by atoms with Gasteiger partial charge in [-0.3, -0.25) is 9.69 Å². The van der Waals surface area contributed by atoms with Gasteiger partial charge < -0.3 is 10.1 Å². The molecule has 1 heterocycles. The lowest BCUT2D eigenvalue weighted by Gasteiger charge is -2.38. The number of rotatable bonds is 5. The Hall–Kier alpha value is -2.47. The Balaban J connectivity index is 1.61. The summed E-state index contributed by atoms with van der Waals surface area (Å²) in [6.07, 6.45) is 0.365. The minimum atomic E-state index is -0.349. The van der Waals surface area contributed by atoms with Crippen molar-refractivity contribution in [2.45, 2.75) is 29.7 Å². The predicted molar refractivity (Wildman–Crippen MR) is 97.5 cm³/mol. The molecular formula is C19H20N2O3S. The molecule has 0 radical (unpaired) electrons. The topological polar surface area (TPSA) is 58.6 Å². The molecule has 0 aromatic heterocycles. The van der Waals surface area contributed by atoms with Crippen molar-refractivity contribution in [3.63, 3.8) is 0 Å². The van der Waals surface area contributed by atoms with Gasteiger partial charge in [0.15, 0.2) is 0 Å². The number of likely N-dealkylation sites (tertiary alicyclic amines) is 1. The maximum absolute atomic E-state index is 12.5. The fraction of sp³-hybridized carbons (Fsp3) is 0.263. The number of urea groups is 1. The Bertz CT molecular complexity index is 749. The van der Waals surface area contributed by atoms with Gasteiger partial charge >= 0.3 is 6.03 Å². The lowest BCUT2D eigenvalue weighted by atomic mass is 10.1. The largest absolute Gasteiger partial charge is 0.497 e.